The van der Waals surface area contributed by atoms with E-state index in [1.54, 1.807) is 12.1 Å². The van der Waals surface area contributed by atoms with Gasteiger partial charge in [0.1, 0.15) is 5.75 Å². The minimum absolute atomic E-state index is 0.0243. The third-order valence-electron chi connectivity index (χ3n) is 5.97. The fourth-order valence-corrected chi connectivity index (χ4v) is 5.69. The Morgan fingerprint density at radius 1 is 1.00 bits per heavy atom. The maximum Gasteiger partial charge on any atom is 0.264 e. The Kier molecular flexibility index (Phi) is 7.53. The van der Waals surface area contributed by atoms with Gasteiger partial charge in [0.05, 0.1) is 10.6 Å². The number of fused-ring (bicyclic) bond motifs is 1. The van der Waals surface area contributed by atoms with Crippen LogP contribution < -0.4 is 14.4 Å². The molecule has 0 aliphatic carbocycles. The number of para-hydroxylation sites is 1. The summed E-state index contributed by atoms with van der Waals surface area (Å²) in [6.45, 7) is 2.31. The van der Waals surface area contributed by atoms with Crippen LogP contribution in [0.2, 0.25) is 0 Å². The van der Waals surface area contributed by atoms with Crippen molar-refractivity contribution in [2.45, 2.75) is 43.5 Å². The van der Waals surface area contributed by atoms with Crippen molar-refractivity contribution in [2.75, 3.05) is 17.5 Å². The van der Waals surface area contributed by atoms with Crippen molar-refractivity contribution >= 4 is 21.6 Å². The predicted molar refractivity (Wildman–Crippen MR) is 134 cm³/mol. The molecule has 0 bridgehead atoms. The number of rotatable bonds is 9. The molecule has 0 unspecified atom stereocenters. The summed E-state index contributed by atoms with van der Waals surface area (Å²) in [4.78, 5) is 12.5. The van der Waals surface area contributed by atoms with Crippen LogP contribution in [0.4, 0.5) is 5.69 Å². The Morgan fingerprint density at radius 3 is 2.47 bits per heavy atom. The molecule has 3 aromatic carbocycles. The highest BCUT2D eigenvalue weighted by atomic mass is 32.2. The summed E-state index contributed by atoms with van der Waals surface area (Å²) in [7, 11) is -3.67. The molecule has 0 fully saturated rings. The molecule has 34 heavy (non-hydrogen) atoms. The highest BCUT2D eigenvalue weighted by Gasteiger charge is 2.28. The van der Waals surface area contributed by atoms with Gasteiger partial charge in [-0.3, -0.25) is 9.10 Å². The molecule has 3 aromatic rings. The van der Waals surface area contributed by atoms with E-state index in [4.69, 9.17) is 4.74 Å². The van der Waals surface area contributed by atoms with Gasteiger partial charge in [0.15, 0.2) is 6.61 Å². The van der Waals surface area contributed by atoms with Crippen LogP contribution in [-0.2, 0) is 27.7 Å². The summed E-state index contributed by atoms with van der Waals surface area (Å²) in [5.74, 6) is 0.243. The molecule has 1 atom stereocenters. The van der Waals surface area contributed by atoms with Gasteiger partial charge < -0.3 is 10.1 Å². The lowest BCUT2D eigenvalue weighted by Gasteiger charge is -2.30. The largest absolute Gasteiger partial charge is 0.484 e. The number of aryl methyl sites for hydroxylation is 2. The van der Waals surface area contributed by atoms with Crippen molar-refractivity contribution in [3.8, 4) is 5.75 Å². The molecule has 0 spiro atoms. The SMILES string of the molecule is C[C@@H](CCc1ccccc1)NC(=O)COc1ccc(S(=O)(=O)N2CCCc3ccccc32)cc1. The van der Waals surface area contributed by atoms with Crippen LogP contribution >= 0.6 is 0 Å². The molecule has 1 aliphatic rings. The van der Waals surface area contributed by atoms with E-state index in [2.05, 4.69) is 17.4 Å². The molecule has 1 amide bonds. The molecule has 4 rings (SSSR count). The van der Waals surface area contributed by atoms with Crippen molar-refractivity contribution in [3.05, 3.63) is 90.0 Å². The standard InChI is InChI=1S/C27H30N2O4S/c1-21(13-14-22-8-3-2-4-9-22)28-27(30)20-33-24-15-17-25(18-16-24)34(31,32)29-19-7-11-23-10-5-6-12-26(23)29/h2-6,8-10,12,15-18,21H,7,11,13-14,19-20H2,1H3,(H,28,30)/t21-/m0/s1. The van der Waals surface area contributed by atoms with Gasteiger partial charge in [-0.2, -0.15) is 0 Å². The van der Waals surface area contributed by atoms with Crippen molar-refractivity contribution < 1.29 is 17.9 Å². The van der Waals surface area contributed by atoms with Crippen molar-refractivity contribution in [3.63, 3.8) is 0 Å². The van der Waals surface area contributed by atoms with Gasteiger partial charge in [-0.15, -0.1) is 0 Å². The van der Waals surface area contributed by atoms with Gasteiger partial charge in [-0.25, -0.2) is 8.42 Å². The maximum absolute atomic E-state index is 13.2. The molecule has 0 saturated heterocycles. The summed E-state index contributed by atoms with van der Waals surface area (Å²) in [6, 6.07) is 24.0. The topological polar surface area (TPSA) is 75.7 Å². The lowest BCUT2D eigenvalue weighted by Crippen LogP contribution is -2.36. The lowest BCUT2D eigenvalue weighted by atomic mass is 10.0. The van der Waals surface area contributed by atoms with Gasteiger partial charge in [0.25, 0.3) is 15.9 Å². The Morgan fingerprint density at radius 2 is 1.71 bits per heavy atom. The van der Waals surface area contributed by atoms with Gasteiger partial charge >= 0.3 is 0 Å². The molecule has 178 valence electrons. The van der Waals surface area contributed by atoms with Crippen molar-refractivity contribution in [2.24, 2.45) is 0 Å². The predicted octanol–water partition coefficient (Wildman–Crippen LogP) is 4.34. The van der Waals surface area contributed by atoms with Crippen LogP contribution in [-0.4, -0.2) is 33.5 Å². The van der Waals surface area contributed by atoms with Crippen molar-refractivity contribution in [1.29, 1.82) is 0 Å². The minimum atomic E-state index is -3.67. The smallest absolute Gasteiger partial charge is 0.264 e. The van der Waals surface area contributed by atoms with Crippen LogP contribution in [0.3, 0.4) is 0 Å². The van der Waals surface area contributed by atoms with Crippen molar-refractivity contribution in [1.82, 2.24) is 5.32 Å². The third kappa shape index (κ3) is 5.78. The molecule has 0 saturated carbocycles. The summed E-state index contributed by atoms with van der Waals surface area (Å²) in [6.07, 6.45) is 3.39. The third-order valence-corrected chi connectivity index (χ3v) is 7.79. The zero-order valence-electron chi connectivity index (χ0n) is 19.3. The number of amides is 1. The Bertz CT molecular complexity index is 1210. The average molecular weight is 479 g/mol. The zero-order valence-corrected chi connectivity index (χ0v) is 20.1. The van der Waals surface area contributed by atoms with Crippen LogP contribution in [0, 0.1) is 0 Å². The van der Waals surface area contributed by atoms with E-state index < -0.39 is 10.0 Å². The lowest BCUT2D eigenvalue weighted by molar-refractivity contribution is -0.123. The zero-order chi connectivity index (χ0) is 24.0. The van der Waals surface area contributed by atoms with Gasteiger partial charge in [0, 0.05) is 12.6 Å². The summed E-state index contributed by atoms with van der Waals surface area (Å²) >= 11 is 0. The molecular weight excluding hydrogens is 448 g/mol. The number of carbonyl (C=O) groups is 1. The van der Waals surface area contributed by atoms with Gasteiger partial charge in [-0.05, 0) is 74.1 Å². The first-order valence-corrected chi connectivity index (χ1v) is 13.0. The summed E-state index contributed by atoms with van der Waals surface area (Å²) in [5.41, 5.74) is 3.02. The number of hydrogen-bond donors (Lipinski definition) is 1. The molecule has 0 aromatic heterocycles. The van der Waals surface area contributed by atoms with Crippen LogP contribution in [0.5, 0.6) is 5.75 Å². The molecule has 0 radical (unpaired) electrons. The second-order valence-electron chi connectivity index (χ2n) is 8.56. The van der Waals surface area contributed by atoms with Crippen LogP contribution in [0.1, 0.15) is 30.9 Å². The molecule has 7 heteroatoms. The number of hydrogen-bond acceptors (Lipinski definition) is 4. The Balaban J connectivity index is 1.30. The number of nitrogens with one attached hydrogen (secondary N) is 1. The monoisotopic (exact) mass is 478 g/mol. The number of carbonyl (C=O) groups excluding carboxylic acids is 1. The average Bonchev–Trinajstić information content (AvgIpc) is 2.87. The second kappa shape index (κ2) is 10.7. The number of anilines is 1. The van der Waals surface area contributed by atoms with Gasteiger partial charge in [-0.1, -0.05) is 48.5 Å². The summed E-state index contributed by atoms with van der Waals surface area (Å²) < 4.78 is 33.5. The summed E-state index contributed by atoms with van der Waals surface area (Å²) in [5, 5.41) is 2.94. The quantitative estimate of drug-likeness (QED) is 0.496. The number of sulfonamides is 1. The van der Waals surface area contributed by atoms with E-state index in [0.29, 0.717) is 12.3 Å². The van der Waals surface area contributed by atoms with E-state index in [1.807, 2.05) is 49.4 Å². The first-order valence-electron chi connectivity index (χ1n) is 11.6. The first kappa shape index (κ1) is 23.8. The number of benzene rings is 3. The molecule has 6 nitrogen and oxygen atoms in total. The second-order valence-corrected chi connectivity index (χ2v) is 10.4. The molecule has 1 N–H and O–H groups in total. The highest BCUT2D eigenvalue weighted by Crippen LogP contribution is 2.32. The normalized spacial score (nSPS) is 14.2. The number of nitrogens with zero attached hydrogens (tertiary/aromatic N) is 1. The Hall–Kier alpha value is -3.32. The molecular formula is C27H30N2O4S. The van der Waals surface area contributed by atoms with Crippen LogP contribution in [0.25, 0.3) is 0 Å². The fourth-order valence-electron chi connectivity index (χ4n) is 4.15. The first-order chi connectivity index (χ1) is 16.4. The van der Waals surface area contributed by atoms with E-state index in [-0.39, 0.29) is 23.5 Å². The fraction of sp³-hybridized carbons (Fsp3) is 0.296. The van der Waals surface area contributed by atoms with E-state index in [1.165, 1.54) is 22.0 Å². The molecule has 1 aliphatic heterocycles. The Labute approximate surface area is 201 Å². The van der Waals surface area contributed by atoms with Crippen LogP contribution in [0.15, 0.2) is 83.8 Å². The van der Waals surface area contributed by atoms with Gasteiger partial charge in [0.2, 0.25) is 0 Å². The van der Waals surface area contributed by atoms with E-state index in [0.717, 1.165) is 36.9 Å². The molecule has 1 heterocycles. The number of ether oxygens (including phenoxy) is 1. The van der Waals surface area contributed by atoms with E-state index in [9.17, 15) is 13.2 Å². The maximum atomic E-state index is 13.2. The minimum Gasteiger partial charge on any atom is -0.484 e. The van der Waals surface area contributed by atoms with E-state index >= 15 is 0 Å². The highest BCUT2D eigenvalue weighted by molar-refractivity contribution is 7.92.